The fraction of sp³-hybridized carbons (Fsp3) is 0.909. The minimum Gasteiger partial charge on any atom is -0.396 e. The van der Waals surface area contributed by atoms with Crippen molar-refractivity contribution >= 4 is 5.91 Å². The first-order chi connectivity index (χ1) is 7.26. The summed E-state index contributed by atoms with van der Waals surface area (Å²) in [6.45, 7) is 1.83. The maximum atomic E-state index is 11.6. The van der Waals surface area contributed by atoms with Gasteiger partial charge in [-0.3, -0.25) is 4.79 Å². The third-order valence-corrected chi connectivity index (χ3v) is 3.55. The first-order valence-electron chi connectivity index (χ1n) is 5.88. The molecule has 0 aromatic carbocycles. The molecule has 2 rings (SSSR count). The summed E-state index contributed by atoms with van der Waals surface area (Å²) in [5.74, 6) is 0.126. The van der Waals surface area contributed by atoms with Crippen LogP contribution in [0.2, 0.25) is 0 Å². The number of rotatable bonds is 4. The molecule has 4 heteroatoms. The van der Waals surface area contributed by atoms with E-state index in [4.69, 9.17) is 5.11 Å². The Morgan fingerprint density at radius 1 is 1.47 bits per heavy atom. The van der Waals surface area contributed by atoms with Crippen LogP contribution < -0.4 is 10.6 Å². The van der Waals surface area contributed by atoms with Gasteiger partial charge in [-0.2, -0.15) is 0 Å². The lowest BCUT2D eigenvalue weighted by Gasteiger charge is -2.19. The second-order valence-electron chi connectivity index (χ2n) is 4.88. The van der Waals surface area contributed by atoms with Gasteiger partial charge in [-0.05, 0) is 32.1 Å². The fourth-order valence-electron chi connectivity index (χ4n) is 2.04. The third-order valence-electron chi connectivity index (χ3n) is 3.55. The highest BCUT2D eigenvalue weighted by atomic mass is 16.3. The maximum absolute atomic E-state index is 11.6. The van der Waals surface area contributed by atoms with E-state index in [2.05, 4.69) is 10.6 Å². The van der Waals surface area contributed by atoms with Crippen molar-refractivity contribution in [2.45, 2.75) is 38.1 Å². The summed E-state index contributed by atoms with van der Waals surface area (Å²) < 4.78 is 0. The zero-order valence-corrected chi connectivity index (χ0v) is 9.09. The average Bonchev–Trinajstić information content (AvgIpc) is 3.02. The number of hydrogen-bond acceptors (Lipinski definition) is 3. The second kappa shape index (κ2) is 4.49. The second-order valence-corrected chi connectivity index (χ2v) is 4.88. The van der Waals surface area contributed by atoms with Crippen molar-refractivity contribution in [3.8, 4) is 0 Å². The van der Waals surface area contributed by atoms with E-state index in [9.17, 15) is 4.79 Å². The van der Waals surface area contributed by atoms with E-state index in [1.165, 1.54) is 0 Å². The summed E-state index contributed by atoms with van der Waals surface area (Å²) >= 11 is 0. The molecular weight excluding hydrogens is 192 g/mol. The smallest absolute Gasteiger partial charge is 0.237 e. The van der Waals surface area contributed by atoms with E-state index in [0.717, 1.165) is 45.2 Å². The number of hydrogen-bond donors (Lipinski definition) is 3. The van der Waals surface area contributed by atoms with Gasteiger partial charge in [0, 0.05) is 25.1 Å². The average molecular weight is 212 g/mol. The normalized spacial score (nSPS) is 29.4. The Kier molecular flexibility index (Phi) is 3.26. The Bertz CT molecular complexity index is 239. The van der Waals surface area contributed by atoms with E-state index >= 15 is 0 Å². The minimum absolute atomic E-state index is 0.0449. The van der Waals surface area contributed by atoms with Gasteiger partial charge in [-0.15, -0.1) is 0 Å². The first kappa shape index (κ1) is 10.9. The van der Waals surface area contributed by atoms with Crippen LogP contribution in [0.15, 0.2) is 0 Å². The molecule has 4 nitrogen and oxygen atoms in total. The molecule has 86 valence electrons. The molecule has 0 aromatic heterocycles. The van der Waals surface area contributed by atoms with Crippen LogP contribution in [0, 0.1) is 5.41 Å². The van der Waals surface area contributed by atoms with Crippen molar-refractivity contribution in [2.75, 3.05) is 19.7 Å². The molecule has 1 heterocycles. The summed E-state index contributed by atoms with van der Waals surface area (Å²) in [5, 5.41) is 15.4. The highest BCUT2D eigenvalue weighted by molar-refractivity contribution is 5.81. The van der Waals surface area contributed by atoms with Crippen LogP contribution in [0.5, 0.6) is 0 Å². The van der Waals surface area contributed by atoms with Gasteiger partial charge in [0.05, 0.1) is 6.04 Å². The van der Waals surface area contributed by atoms with Crippen LogP contribution in [-0.4, -0.2) is 36.8 Å². The van der Waals surface area contributed by atoms with E-state index in [-0.39, 0.29) is 24.0 Å². The van der Waals surface area contributed by atoms with Crippen molar-refractivity contribution in [3.63, 3.8) is 0 Å². The van der Waals surface area contributed by atoms with Crippen LogP contribution in [0.4, 0.5) is 0 Å². The Balaban J connectivity index is 1.79. The topological polar surface area (TPSA) is 61.4 Å². The zero-order valence-electron chi connectivity index (χ0n) is 9.09. The minimum atomic E-state index is -0.0449. The van der Waals surface area contributed by atoms with E-state index < -0.39 is 0 Å². The number of aliphatic hydroxyl groups excluding tert-OH is 1. The van der Waals surface area contributed by atoms with Crippen molar-refractivity contribution in [3.05, 3.63) is 0 Å². The molecule has 1 atom stereocenters. The van der Waals surface area contributed by atoms with E-state index in [1.807, 2.05) is 0 Å². The SMILES string of the molecule is O=C1NCCCCC1NCC1(CO)CC1. The molecule has 1 saturated carbocycles. The Labute approximate surface area is 90.4 Å². The first-order valence-corrected chi connectivity index (χ1v) is 5.88. The fourth-order valence-corrected chi connectivity index (χ4v) is 2.04. The molecule has 0 bridgehead atoms. The Hall–Kier alpha value is -0.610. The highest BCUT2D eigenvalue weighted by Crippen LogP contribution is 2.44. The standard InChI is InChI=1S/C11H20N2O2/c14-8-11(4-5-11)7-13-9-3-1-2-6-12-10(9)15/h9,13-14H,1-8H2,(H,12,15). The lowest BCUT2D eigenvalue weighted by molar-refractivity contribution is -0.122. The van der Waals surface area contributed by atoms with Gasteiger partial charge in [0.2, 0.25) is 5.91 Å². The van der Waals surface area contributed by atoms with Crippen molar-refractivity contribution < 1.29 is 9.90 Å². The molecular formula is C11H20N2O2. The summed E-state index contributed by atoms with van der Waals surface area (Å²) in [5.41, 5.74) is 0.0899. The lowest BCUT2D eigenvalue weighted by Crippen LogP contribution is -2.45. The van der Waals surface area contributed by atoms with E-state index in [1.54, 1.807) is 0 Å². The van der Waals surface area contributed by atoms with Crippen LogP contribution in [0.3, 0.4) is 0 Å². The van der Waals surface area contributed by atoms with Crippen LogP contribution in [0.25, 0.3) is 0 Å². The lowest BCUT2D eigenvalue weighted by atomic mass is 10.1. The van der Waals surface area contributed by atoms with Crippen LogP contribution in [0.1, 0.15) is 32.1 Å². The van der Waals surface area contributed by atoms with Crippen LogP contribution >= 0.6 is 0 Å². The Morgan fingerprint density at radius 2 is 2.27 bits per heavy atom. The molecule has 2 fully saturated rings. The van der Waals surface area contributed by atoms with Crippen molar-refractivity contribution in [1.29, 1.82) is 0 Å². The predicted octanol–water partition coefficient (Wildman–Crippen LogP) is 0.0172. The molecule has 15 heavy (non-hydrogen) atoms. The van der Waals surface area contributed by atoms with Crippen molar-refractivity contribution in [2.24, 2.45) is 5.41 Å². The molecule has 1 saturated heterocycles. The molecule has 1 aliphatic heterocycles. The van der Waals surface area contributed by atoms with Crippen LogP contribution in [-0.2, 0) is 4.79 Å². The summed E-state index contributed by atoms with van der Waals surface area (Å²) in [7, 11) is 0. The number of amides is 1. The molecule has 2 aliphatic rings. The summed E-state index contributed by atoms with van der Waals surface area (Å²) in [6.07, 6.45) is 5.28. The molecule has 0 aromatic rings. The van der Waals surface area contributed by atoms with Gasteiger partial charge in [0.1, 0.15) is 0 Å². The van der Waals surface area contributed by atoms with Crippen molar-refractivity contribution in [1.82, 2.24) is 10.6 Å². The summed E-state index contributed by atoms with van der Waals surface area (Å²) in [4.78, 5) is 11.6. The maximum Gasteiger partial charge on any atom is 0.237 e. The number of carbonyl (C=O) groups is 1. The Morgan fingerprint density at radius 3 is 2.93 bits per heavy atom. The predicted molar refractivity (Wildman–Crippen MR) is 57.4 cm³/mol. The van der Waals surface area contributed by atoms with Gasteiger partial charge >= 0.3 is 0 Å². The molecule has 1 amide bonds. The van der Waals surface area contributed by atoms with Gasteiger partial charge < -0.3 is 15.7 Å². The van der Waals surface area contributed by atoms with Gasteiger partial charge in [0.15, 0.2) is 0 Å². The summed E-state index contributed by atoms with van der Waals surface area (Å²) in [6, 6.07) is -0.0449. The largest absolute Gasteiger partial charge is 0.396 e. The number of aliphatic hydroxyl groups is 1. The quantitative estimate of drug-likeness (QED) is 0.615. The third kappa shape index (κ3) is 2.69. The molecule has 1 aliphatic carbocycles. The van der Waals surface area contributed by atoms with E-state index in [0.29, 0.717) is 0 Å². The van der Waals surface area contributed by atoms with Gasteiger partial charge in [-0.25, -0.2) is 0 Å². The van der Waals surface area contributed by atoms with Gasteiger partial charge in [0.25, 0.3) is 0 Å². The van der Waals surface area contributed by atoms with Gasteiger partial charge in [-0.1, -0.05) is 0 Å². The molecule has 0 spiro atoms. The number of carbonyl (C=O) groups excluding carboxylic acids is 1. The molecule has 3 N–H and O–H groups in total. The highest BCUT2D eigenvalue weighted by Gasteiger charge is 2.42. The molecule has 1 unspecified atom stereocenters. The molecule has 0 radical (unpaired) electrons. The monoisotopic (exact) mass is 212 g/mol. The zero-order chi connectivity index (χ0) is 10.7. The number of nitrogens with one attached hydrogen (secondary N) is 2.